The highest BCUT2D eigenvalue weighted by Crippen LogP contribution is 2.26. The van der Waals surface area contributed by atoms with Gasteiger partial charge >= 0.3 is 0 Å². The number of nitrogens with zero attached hydrogens (tertiary/aromatic N) is 3. The van der Waals surface area contributed by atoms with Crippen molar-refractivity contribution in [3.8, 4) is 11.3 Å². The predicted molar refractivity (Wildman–Crippen MR) is 122 cm³/mol. The molecule has 0 saturated carbocycles. The van der Waals surface area contributed by atoms with E-state index in [1.165, 1.54) is 17.6 Å². The van der Waals surface area contributed by atoms with Gasteiger partial charge < -0.3 is 5.32 Å². The summed E-state index contributed by atoms with van der Waals surface area (Å²) in [5.41, 5.74) is 6.30. The molecule has 0 saturated heterocycles. The maximum absolute atomic E-state index is 12.8. The quantitative estimate of drug-likeness (QED) is 0.242. The molecule has 0 spiro atoms. The maximum Gasteiger partial charge on any atom is 0.267 e. The molecule has 160 valence electrons. The van der Waals surface area contributed by atoms with Crippen molar-refractivity contribution in [2.24, 2.45) is 0 Å². The van der Waals surface area contributed by atoms with Gasteiger partial charge in [-0.3, -0.25) is 14.8 Å². The number of amides is 2. The van der Waals surface area contributed by atoms with E-state index >= 15 is 0 Å². The largest absolute Gasteiger partial charge is 0.322 e. The van der Waals surface area contributed by atoms with Crippen LogP contribution in [-0.2, 0) is 4.79 Å². The second-order valence-electron chi connectivity index (χ2n) is 7.00. The first-order valence-corrected chi connectivity index (χ1v) is 9.97. The van der Waals surface area contributed by atoms with Crippen molar-refractivity contribution in [1.29, 1.82) is 0 Å². The lowest BCUT2D eigenvalue weighted by atomic mass is 10.1. The van der Waals surface area contributed by atoms with E-state index in [1.807, 2.05) is 25.1 Å². The second-order valence-corrected chi connectivity index (χ2v) is 7.39. The Hall–Kier alpha value is -4.01. The van der Waals surface area contributed by atoms with Gasteiger partial charge in [0.15, 0.2) is 5.65 Å². The zero-order valence-electron chi connectivity index (χ0n) is 16.9. The Bertz CT molecular complexity index is 1360. The molecule has 32 heavy (non-hydrogen) atoms. The summed E-state index contributed by atoms with van der Waals surface area (Å²) in [7, 11) is 0. The molecule has 8 nitrogen and oxygen atoms in total. The minimum atomic E-state index is -0.656. The number of aryl methyl sites for hydroxylation is 1. The molecule has 0 aliphatic rings. The van der Waals surface area contributed by atoms with Crippen LogP contribution in [0, 0.1) is 6.92 Å². The molecule has 2 aromatic heterocycles. The lowest BCUT2D eigenvalue weighted by Crippen LogP contribution is -2.15. The van der Waals surface area contributed by atoms with E-state index in [2.05, 4.69) is 15.4 Å². The van der Waals surface area contributed by atoms with Gasteiger partial charge in [0.1, 0.15) is 5.15 Å². The van der Waals surface area contributed by atoms with Crippen LogP contribution in [0.4, 0.5) is 5.69 Å². The number of hydrogen-bond acceptors (Lipinski definition) is 5. The van der Waals surface area contributed by atoms with Gasteiger partial charge in [-0.05, 0) is 54.5 Å². The molecule has 0 atom stereocenters. The summed E-state index contributed by atoms with van der Waals surface area (Å²) in [5, 5.41) is 16.1. The molecule has 0 aliphatic carbocycles. The van der Waals surface area contributed by atoms with Crippen LogP contribution in [0.25, 0.3) is 23.0 Å². The zero-order valence-corrected chi connectivity index (χ0v) is 17.7. The third kappa shape index (κ3) is 4.66. The fourth-order valence-corrected chi connectivity index (χ4v) is 3.25. The number of hydroxylamine groups is 1. The van der Waals surface area contributed by atoms with Gasteiger partial charge in [0, 0.05) is 22.9 Å². The summed E-state index contributed by atoms with van der Waals surface area (Å²) in [4.78, 5) is 28.6. The number of imidazole rings is 1. The van der Waals surface area contributed by atoms with Gasteiger partial charge in [-0.1, -0.05) is 35.9 Å². The summed E-state index contributed by atoms with van der Waals surface area (Å²) in [6.07, 6.45) is 4.44. The first-order valence-electron chi connectivity index (χ1n) is 9.59. The van der Waals surface area contributed by atoms with Gasteiger partial charge in [-0.15, -0.1) is 0 Å². The summed E-state index contributed by atoms with van der Waals surface area (Å²) >= 11 is 5.95. The molecule has 2 aromatic carbocycles. The van der Waals surface area contributed by atoms with Gasteiger partial charge in [-0.25, -0.2) is 15.0 Å². The summed E-state index contributed by atoms with van der Waals surface area (Å²) in [6, 6.07) is 15.9. The number of benzene rings is 2. The van der Waals surface area contributed by atoms with Crippen molar-refractivity contribution in [3.63, 3.8) is 0 Å². The van der Waals surface area contributed by atoms with Crippen LogP contribution in [0.1, 0.15) is 21.5 Å². The SMILES string of the molecule is Cc1ccc(-c2cn3nc(Cl)ccc3n2)cc1NC(=O)c1cccc(/C=C/C(=O)NO)c1. The third-order valence-electron chi connectivity index (χ3n) is 4.76. The first kappa shape index (κ1) is 21.2. The molecule has 4 aromatic rings. The van der Waals surface area contributed by atoms with Crippen molar-refractivity contribution in [2.45, 2.75) is 6.92 Å². The van der Waals surface area contributed by atoms with Crippen molar-refractivity contribution in [3.05, 3.63) is 88.7 Å². The average Bonchev–Trinajstić information content (AvgIpc) is 3.22. The molecule has 0 bridgehead atoms. The van der Waals surface area contributed by atoms with Crippen molar-refractivity contribution in [2.75, 3.05) is 5.32 Å². The molecule has 2 heterocycles. The van der Waals surface area contributed by atoms with E-state index in [9.17, 15) is 9.59 Å². The monoisotopic (exact) mass is 447 g/mol. The number of carbonyl (C=O) groups excluding carboxylic acids is 2. The van der Waals surface area contributed by atoms with E-state index in [4.69, 9.17) is 16.8 Å². The lowest BCUT2D eigenvalue weighted by molar-refractivity contribution is -0.124. The van der Waals surface area contributed by atoms with Gasteiger partial charge in [0.2, 0.25) is 0 Å². The predicted octanol–water partition coefficient (Wildman–Crippen LogP) is 4.13. The fourth-order valence-electron chi connectivity index (χ4n) is 3.10. The molecule has 0 unspecified atom stereocenters. The van der Waals surface area contributed by atoms with Crippen LogP contribution in [0.3, 0.4) is 0 Å². The van der Waals surface area contributed by atoms with Crippen LogP contribution in [-0.4, -0.2) is 31.6 Å². The van der Waals surface area contributed by atoms with E-state index in [0.29, 0.717) is 33.3 Å². The van der Waals surface area contributed by atoms with Gasteiger partial charge in [0.25, 0.3) is 11.8 Å². The van der Waals surface area contributed by atoms with Crippen LogP contribution in [0.5, 0.6) is 0 Å². The van der Waals surface area contributed by atoms with Gasteiger partial charge in [-0.2, -0.15) is 5.10 Å². The highest BCUT2D eigenvalue weighted by atomic mass is 35.5. The first-order chi connectivity index (χ1) is 15.4. The molecule has 0 radical (unpaired) electrons. The Labute approximate surface area is 188 Å². The van der Waals surface area contributed by atoms with Crippen LogP contribution >= 0.6 is 11.6 Å². The number of halogens is 1. The number of nitrogens with one attached hydrogen (secondary N) is 2. The number of hydrogen-bond donors (Lipinski definition) is 3. The number of anilines is 1. The standard InChI is InChI=1S/C23H18ClN5O3/c1-14-5-7-16(19-13-29-21(25-19)9-8-20(24)27-29)12-18(14)26-23(31)17-4-2-3-15(11-17)6-10-22(30)28-32/h2-13,32H,1H3,(H,26,31)(H,28,30)/b10-6+. The van der Waals surface area contributed by atoms with E-state index in [1.54, 1.807) is 47.1 Å². The Morgan fingerprint density at radius 3 is 2.78 bits per heavy atom. The fraction of sp³-hybridized carbons (Fsp3) is 0.0435. The normalized spacial score (nSPS) is 11.1. The smallest absolute Gasteiger partial charge is 0.267 e. The van der Waals surface area contributed by atoms with E-state index in [-0.39, 0.29) is 5.91 Å². The summed E-state index contributed by atoms with van der Waals surface area (Å²) in [5.74, 6) is -0.952. The minimum Gasteiger partial charge on any atom is -0.322 e. The Balaban J connectivity index is 1.58. The van der Waals surface area contributed by atoms with Crippen molar-refractivity contribution < 1.29 is 14.8 Å². The zero-order chi connectivity index (χ0) is 22.7. The maximum atomic E-state index is 12.8. The van der Waals surface area contributed by atoms with Crippen LogP contribution < -0.4 is 10.8 Å². The Kier molecular flexibility index (Phi) is 5.98. The third-order valence-corrected chi connectivity index (χ3v) is 4.96. The molecular formula is C23H18ClN5O3. The molecule has 0 fully saturated rings. The van der Waals surface area contributed by atoms with Crippen molar-refractivity contribution >= 4 is 40.8 Å². The molecule has 2 amide bonds. The number of fused-ring (bicyclic) bond motifs is 1. The number of carbonyl (C=O) groups is 2. The van der Waals surface area contributed by atoms with Crippen LogP contribution in [0.15, 0.2) is 66.9 Å². The Morgan fingerprint density at radius 1 is 1.12 bits per heavy atom. The van der Waals surface area contributed by atoms with E-state index in [0.717, 1.165) is 11.1 Å². The highest BCUT2D eigenvalue weighted by molar-refractivity contribution is 6.29. The highest BCUT2D eigenvalue weighted by Gasteiger charge is 2.12. The topological polar surface area (TPSA) is 109 Å². The number of rotatable bonds is 5. The molecule has 9 heteroatoms. The molecule has 3 N–H and O–H groups in total. The van der Waals surface area contributed by atoms with Crippen LogP contribution in [0.2, 0.25) is 5.15 Å². The molecule has 0 aliphatic heterocycles. The Morgan fingerprint density at radius 2 is 1.97 bits per heavy atom. The van der Waals surface area contributed by atoms with Gasteiger partial charge in [0.05, 0.1) is 11.9 Å². The van der Waals surface area contributed by atoms with E-state index < -0.39 is 5.91 Å². The molecular weight excluding hydrogens is 430 g/mol. The number of aromatic nitrogens is 3. The second kappa shape index (κ2) is 9.01. The lowest BCUT2D eigenvalue weighted by Gasteiger charge is -2.10. The summed E-state index contributed by atoms with van der Waals surface area (Å²) < 4.78 is 1.60. The average molecular weight is 448 g/mol. The molecule has 4 rings (SSSR count). The minimum absolute atomic E-state index is 0.296. The van der Waals surface area contributed by atoms with Crippen molar-refractivity contribution in [1.82, 2.24) is 20.1 Å². The summed E-state index contributed by atoms with van der Waals surface area (Å²) in [6.45, 7) is 1.90.